The summed E-state index contributed by atoms with van der Waals surface area (Å²) in [4.78, 5) is 3.42. The second-order valence-electron chi connectivity index (χ2n) is 5.63. The lowest BCUT2D eigenvalue weighted by Gasteiger charge is -2.06. The summed E-state index contributed by atoms with van der Waals surface area (Å²) >= 11 is 0. The Morgan fingerprint density at radius 1 is 1.18 bits per heavy atom. The van der Waals surface area contributed by atoms with E-state index in [2.05, 4.69) is 40.0 Å². The van der Waals surface area contributed by atoms with Gasteiger partial charge < -0.3 is 5.11 Å². The van der Waals surface area contributed by atoms with Gasteiger partial charge in [-0.3, -0.25) is 5.32 Å². The third kappa shape index (κ3) is 2.77. The van der Waals surface area contributed by atoms with Crippen molar-refractivity contribution >= 4 is 17.0 Å². The SMILES string of the molecule is CCC[n+]1c(NCc2cc(C)ccc2O)[nH]c2ccccc21. The Labute approximate surface area is 130 Å². The molecule has 0 radical (unpaired) electrons. The Morgan fingerprint density at radius 3 is 2.82 bits per heavy atom. The normalized spacial score (nSPS) is 11.0. The fourth-order valence-corrected chi connectivity index (χ4v) is 2.76. The lowest BCUT2D eigenvalue weighted by atomic mass is 10.1. The van der Waals surface area contributed by atoms with Gasteiger partial charge in [0.2, 0.25) is 0 Å². The van der Waals surface area contributed by atoms with Gasteiger partial charge >= 0.3 is 5.95 Å². The van der Waals surface area contributed by atoms with Crippen LogP contribution >= 0.6 is 0 Å². The molecule has 3 aromatic rings. The van der Waals surface area contributed by atoms with Crippen LogP contribution in [0.4, 0.5) is 5.95 Å². The number of nitrogens with one attached hydrogen (secondary N) is 2. The Balaban J connectivity index is 1.90. The molecule has 1 aromatic heterocycles. The molecule has 0 unspecified atom stereocenters. The largest absolute Gasteiger partial charge is 0.508 e. The molecule has 0 fully saturated rings. The minimum atomic E-state index is 0.330. The van der Waals surface area contributed by atoms with Crippen LogP contribution in [-0.2, 0) is 13.1 Å². The predicted octanol–water partition coefficient (Wildman–Crippen LogP) is 3.49. The lowest BCUT2D eigenvalue weighted by molar-refractivity contribution is -0.657. The van der Waals surface area contributed by atoms with Crippen LogP contribution in [0.5, 0.6) is 5.75 Å². The molecule has 0 aliphatic rings. The summed E-state index contributed by atoms with van der Waals surface area (Å²) in [5.41, 5.74) is 4.36. The molecular weight excluding hydrogens is 274 g/mol. The predicted molar refractivity (Wildman–Crippen MR) is 89.0 cm³/mol. The van der Waals surface area contributed by atoms with E-state index in [1.54, 1.807) is 6.07 Å². The van der Waals surface area contributed by atoms with Gasteiger partial charge in [0.1, 0.15) is 16.8 Å². The zero-order valence-corrected chi connectivity index (χ0v) is 13.1. The minimum Gasteiger partial charge on any atom is -0.508 e. The third-order valence-electron chi connectivity index (χ3n) is 3.85. The van der Waals surface area contributed by atoms with Crippen molar-refractivity contribution in [2.24, 2.45) is 0 Å². The molecule has 2 aromatic carbocycles. The number of hydrogen-bond donors (Lipinski definition) is 3. The Hall–Kier alpha value is -2.49. The summed E-state index contributed by atoms with van der Waals surface area (Å²) in [7, 11) is 0. The molecule has 0 aliphatic heterocycles. The van der Waals surface area contributed by atoms with Gasteiger partial charge in [0.05, 0.1) is 13.1 Å². The number of para-hydroxylation sites is 2. The number of hydrogen-bond acceptors (Lipinski definition) is 2. The van der Waals surface area contributed by atoms with Crippen LogP contribution in [0.1, 0.15) is 24.5 Å². The van der Waals surface area contributed by atoms with Crippen LogP contribution in [0.15, 0.2) is 42.5 Å². The maximum absolute atomic E-state index is 9.97. The fraction of sp³-hybridized carbons (Fsp3) is 0.278. The number of fused-ring (bicyclic) bond motifs is 1. The monoisotopic (exact) mass is 296 g/mol. The number of nitrogens with zero attached hydrogens (tertiary/aromatic N) is 1. The number of aromatic hydroxyl groups is 1. The van der Waals surface area contributed by atoms with Gasteiger partial charge in [-0.2, -0.15) is 0 Å². The van der Waals surface area contributed by atoms with Crippen LogP contribution in [0.3, 0.4) is 0 Å². The molecule has 0 spiro atoms. The standard InChI is InChI=1S/C18H21N3O/c1-3-10-21-16-7-5-4-6-15(16)20-18(21)19-12-14-11-13(2)8-9-17(14)22/h4-9,11H,3,10,12H2,1-2H3,(H2,19,20,22)/p+1. The van der Waals surface area contributed by atoms with Crippen LogP contribution in [0.2, 0.25) is 0 Å². The molecular formula is C18H22N3O+. The first kappa shape index (κ1) is 14.4. The molecule has 0 atom stereocenters. The van der Waals surface area contributed by atoms with E-state index in [0.717, 1.165) is 35.6 Å². The molecule has 1 heterocycles. The first-order valence-electron chi connectivity index (χ1n) is 7.72. The second kappa shape index (κ2) is 6.10. The smallest absolute Gasteiger partial charge is 0.356 e. The van der Waals surface area contributed by atoms with Crippen LogP contribution in [0.25, 0.3) is 11.0 Å². The van der Waals surface area contributed by atoms with Gasteiger partial charge in [0.15, 0.2) is 0 Å². The molecule has 22 heavy (non-hydrogen) atoms. The molecule has 4 heteroatoms. The van der Waals surface area contributed by atoms with E-state index in [4.69, 9.17) is 0 Å². The molecule has 3 N–H and O–H groups in total. The highest BCUT2D eigenvalue weighted by Crippen LogP contribution is 2.19. The van der Waals surface area contributed by atoms with E-state index in [-0.39, 0.29) is 0 Å². The van der Waals surface area contributed by atoms with E-state index in [0.29, 0.717) is 12.3 Å². The van der Waals surface area contributed by atoms with E-state index in [1.807, 2.05) is 25.1 Å². The summed E-state index contributed by atoms with van der Waals surface area (Å²) < 4.78 is 2.25. The summed E-state index contributed by atoms with van der Waals surface area (Å²) in [5.74, 6) is 1.31. The number of H-pyrrole nitrogens is 1. The highest BCUT2D eigenvalue weighted by molar-refractivity contribution is 5.72. The van der Waals surface area contributed by atoms with Crippen molar-refractivity contribution in [1.82, 2.24) is 4.98 Å². The maximum atomic E-state index is 9.97. The van der Waals surface area contributed by atoms with Crippen LogP contribution in [-0.4, -0.2) is 10.1 Å². The highest BCUT2D eigenvalue weighted by atomic mass is 16.3. The van der Waals surface area contributed by atoms with Crippen LogP contribution in [0, 0.1) is 6.92 Å². The number of aromatic nitrogens is 2. The number of rotatable bonds is 5. The fourth-order valence-electron chi connectivity index (χ4n) is 2.76. The molecule has 0 amide bonds. The molecule has 0 saturated carbocycles. The average molecular weight is 296 g/mol. The first-order valence-corrected chi connectivity index (χ1v) is 7.72. The van der Waals surface area contributed by atoms with Gasteiger partial charge in [-0.1, -0.05) is 30.7 Å². The van der Waals surface area contributed by atoms with Gasteiger partial charge in [-0.05, 0) is 37.6 Å². The Kier molecular flexibility index (Phi) is 4.00. The molecule has 114 valence electrons. The topological polar surface area (TPSA) is 51.9 Å². The Bertz CT molecular complexity index is 792. The van der Waals surface area contributed by atoms with Crippen molar-refractivity contribution in [1.29, 1.82) is 0 Å². The summed E-state index contributed by atoms with van der Waals surface area (Å²) in [5, 5.41) is 13.4. The van der Waals surface area contributed by atoms with Gasteiger partial charge in [-0.15, -0.1) is 0 Å². The number of anilines is 1. The van der Waals surface area contributed by atoms with Gasteiger partial charge in [0.25, 0.3) is 0 Å². The van der Waals surface area contributed by atoms with Gasteiger partial charge in [-0.25, -0.2) is 9.55 Å². The quantitative estimate of drug-likeness (QED) is 0.631. The number of phenols is 1. The summed E-state index contributed by atoms with van der Waals surface area (Å²) in [6.07, 6.45) is 1.07. The summed E-state index contributed by atoms with van der Waals surface area (Å²) in [6.45, 7) is 5.74. The maximum Gasteiger partial charge on any atom is 0.356 e. The molecule has 4 nitrogen and oxygen atoms in total. The van der Waals surface area contributed by atoms with E-state index < -0.39 is 0 Å². The second-order valence-corrected chi connectivity index (χ2v) is 5.63. The van der Waals surface area contributed by atoms with Crippen LogP contribution < -0.4 is 9.88 Å². The number of phenolic OH excluding ortho intramolecular Hbond substituents is 1. The van der Waals surface area contributed by atoms with Crippen molar-refractivity contribution in [2.45, 2.75) is 33.4 Å². The number of aromatic amines is 1. The third-order valence-corrected chi connectivity index (χ3v) is 3.85. The zero-order chi connectivity index (χ0) is 15.5. The van der Waals surface area contributed by atoms with E-state index in [9.17, 15) is 5.11 Å². The number of benzene rings is 2. The number of aryl methyl sites for hydroxylation is 2. The average Bonchev–Trinajstić information content (AvgIpc) is 2.87. The highest BCUT2D eigenvalue weighted by Gasteiger charge is 2.16. The van der Waals surface area contributed by atoms with Crippen molar-refractivity contribution in [3.63, 3.8) is 0 Å². The zero-order valence-electron chi connectivity index (χ0n) is 13.1. The molecule has 0 saturated heterocycles. The first-order chi connectivity index (χ1) is 10.7. The van der Waals surface area contributed by atoms with Crippen molar-refractivity contribution in [3.05, 3.63) is 53.6 Å². The Morgan fingerprint density at radius 2 is 2.00 bits per heavy atom. The summed E-state index contributed by atoms with van der Waals surface area (Å²) in [6, 6.07) is 14.0. The van der Waals surface area contributed by atoms with Crippen molar-refractivity contribution in [2.75, 3.05) is 5.32 Å². The van der Waals surface area contributed by atoms with Crippen molar-refractivity contribution in [3.8, 4) is 5.75 Å². The molecule has 0 aliphatic carbocycles. The van der Waals surface area contributed by atoms with E-state index >= 15 is 0 Å². The van der Waals surface area contributed by atoms with E-state index in [1.165, 1.54) is 5.52 Å². The number of imidazole rings is 1. The lowest BCUT2D eigenvalue weighted by Crippen LogP contribution is -2.35. The minimum absolute atomic E-state index is 0.330. The van der Waals surface area contributed by atoms with Gasteiger partial charge in [0, 0.05) is 5.56 Å². The molecule has 3 rings (SSSR count). The molecule has 0 bridgehead atoms. The van der Waals surface area contributed by atoms with Crippen molar-refractivity contribution < 1.29 is 9.67 Å².